The van der Waals surface area contributed by atoms with E-state index in [4.69, 9.17) is 4.74 Å². The highest BCUT2D eigenvalue weighted by Crippen LogP contribution is 2.29. The van der Waals surface area contributed by atoms with Crippen molar-refractivity contribution in [2.75, 3.05) is 66.3 Å². The lowest BCUT2D eigenvalue weighted by Crippen LogP contribution is -2.46. The van der Waals surface area contributed by atoms with E-state index in [1.807, 2.05) is 31.2 Å². The van der Waals surface area contributed by atoms with Crippen molar-refractivity contribution < 1.29 is 9.53 Å². The van der Waals surface area contributed by atoms with Crippen LogP contribution in [-0.4, -0.2) is 62.8 Å². The van der Waals surface area contributed by atoms with Crippen molar-refractivity contribution in [3.63, 3.8) is 0 Å². The van der Waals surface area contributed by atoms with Gasteiger partial charge >= 0.3 is 5.97 Å². The Hall–Kier alpha value is -2.34. The topological polar surface area (TPSA) is 36.0 Å². The minimum absolute atomic E-state index is 0.253. The Kier molecular flexibility index (Phi) is 8.43. The Bertz CT molecular complexity index is 871. The van der Waals surface area contributed by atoms with Crippen LogP contribution in [0.5, 0.6) is 0 Å². The highest BCUT2D eigenvalue weighted by molar-refractivity contribution is 7.99. The lowest BCUT2D eigenvalue weighted by Gasteiger charge is -2.38. The fourth-order valence-corrected chi connectivity index (χ4v) is 5.80. The number of rotatable bonds is 8. The summed E-state index contributed by atoms with van der Waals surface area (Å²) in [6, 6.07) is 17.0. The Morgan fingerprint density at radius 1 is 0.788 bits per heavy atom. The molecule has 2 saturated heterocycles. The summed E-state index contributed by atoms with van der Waals surface area (Å²) in [4.78, 5) is 19.3. The molecule has 0 spiro atoms. The number of anilines is 3. The highest BCUT2D eigenvalue weighted by atomic mass is 32.2. The zero-order valence-electron chi connectivity index (χ0n) is 20.0. The molecule has 0 amide bonds. The molecule has 0 saturated carbocycles. The van der Waals surface area contributed by atoms with Crippen molar-refractivity contribution in [1.82, 2.24) is 0 Å². The SMILES string of the molecule is CCCSC1CCN(c2ccc(N3CCN(c4ccc(C(=O)OCC)cc4)CC3)cc2)CC1. The molecule has 2 aliphatic heterocycles. The molecule has 33 heavy (non-hydrogen) atoms. The third-order valence-corrected chi connectivity index (χ3v) is 8.19. The molecule has 0 radical (unpaired) electrons. The van der Waals surface area contributed by atoms with Crippen molar-refractivity contribution >= 4 is 34.8 Å². The van der Waals surface area contributed by atoms with E-state index >= 15 is 0 Å². The quantitative estimate of drug-likeness (QED) is 0.490. The fourth-order valence-electron chi connectivity index (χ4n) is 4.69. The summed E-state index contributed by atoms with van der Waals surface area (Å²) >= 11 is 2.16. The smallest absolute Gasteiger partial charge is 0.338 e. The van der Waals surface area contributed by atoms with Crippen LogP contribution in [0.25, 0.3) is 0 Å². The minimum Gasteiger partial charge on any atom is -0.462 e. The van der Waals surface area contributed by atoms with Crippen LogP contribution in [0.3, 0.4) is 0 Å². The monoisotopic (exact) mass is 467 g/mol. The maximum Gasteiger partial charge on any atom is 0.338 e. The predicted octanol–water partition coefficient (Wildman–Crippen LogP) is 5.30. The first-order chi connectivity index (χ1) is 16.2. The largest absolute Gasteiger partial charge is 0.462 e. The van der Waals surface area contributed by atoms with Crippen molar-refractivity contribution in [2.45, 2.75) is 38.4 Å². The van der Waals surface area contributed by atoms with Gasteiger partial charge in [-0.3, -0.25) is 0 Å². The van der Waals surface area contributed by atoms with E-state index in [1.165, 1.54) is 55.2 Å². The molecular formula is C27H37N3O2S. The maximum atomic E-state index is 11.9. The van der Waals surface area contributed by atoms with Gasteiger partial charge in [0.25, 0.3) is 0 Å². The number of thioether (sulfide) groups is 1. The molecule has 2 aromatic rings. The van der Waals surface area contributed by atoms with E-state index in [-0.39, 0.29) is 5.97 Å². The van der Waals surface area contributed by atoms with Gasteiger partial charge in [-0.15, -0.1) is 0 Å². The molecule has 2 aromatic carbocycles. The molecular weight excluding hydrogens is 430 g/mol. The zero-order valence-corrected chi connectivity index (χ0v) is 20.9. The Labute approximate surface area is 203 Å². The van der Waals surface area contributed by atoms with Gasteiger partial charge in [0.1, 0.15) is 0 Å². The molecule has 4 rings (SSSR count). The number of benzene rings is 2. The minimum atomic E-state index is -0.253. The van der Waals surface area contributed by atoms with Crippen molar-refractivity contribution in [1.29, 1.82) is 0 Å². The third-order valence-electron chi connectivity index (χ3n) is 6.60. The number of hydrogen-bond acceptors (Lipinski definition) is 6. The summed E-state index contributed by atoms with van der Waals surface area (Å²) in [7, 11) is 0. The van der Waals surface area contributed by atoms with Crippen LogP contribution in [0.2, 0.25) is 0 Å². The summed E-state index contributed by atoms with van der Waals surface area (Å²) in [6.07, 6.45) is 3.88. The molecule has 0 aromatic heterocycles. The van der Waals surface area contributed by atoms with E-state index in [1.54, 1.807) is 0 Å². The van der Waals surface area contributed by atoms with Crippen molar-refractivity contribution in [3.8, 4) is 0 Å². The number of hydrogen-bond donors (Lipinski definition) is 0. The number of nitrogens with zero attached hydrogens (tertiary/aromatic N) is 3. The summed E-state index contributed by atoms with van der Waals surface area (Å²) in [5.41, 5.74) is 4.45. The molecule has 0 N–H and O–H groups in total. The molecule has 0 bridgehead atoms. The van der Waals surface area contributed by atoms with Gasteiger partial charge in [0.2, 0.25) is 0 Å². The highest BCUT2D eigenvalue weighted by Gasteiger charge is 2.21. The van der Waals surface area contributed by atoms with E-state index in [0.717, 1.165) is 31.4 Å². The molecule has 2 fully saturated rings. The van der Waals surface area contributed by atoms with E-state index in [2.05, 4.69) is 57.7 Å². The van der Waals surface area contributed by atoms with Gasteiger partial charge in [-0.05, 0) is 80.5 Å². The second kappa shape index (κ2) is 11.7. The summed E-state index contributed by atoms with van der Waals surface area (Å²) in [6.45, 7) is 10.8. The normalized spacial score (nSPS) is 17.3. The van der Waals surface area contributed by atoms with Gasteiger partial charge in [0.05, 0.1) is 12.2 Å². The number of ether oxygens (including phenoxy) is 1. The summed E-state index contributed by atoms with van der Waals surface area (Å²) < 4.78 is 5.08. The molecule has 0 aliphatic carbocycles. The number of piperazine rings is 1. The van der Waals surface area contributed by atoms with Crippen LogP contribution in [0.15, 0.2) is 48.5 Å². The molecule has 2 heterocycles. The average Bonchev–Trinajstić information content (AvgIpc) is 2.88. The molecule has 178 valence electrons. The Balaban J connectivity index is 1.27. The van der Waals surface area contributed by atoms with E-state index in [0.29, 0.717) is 12.2 Å². The lowest BCUT2D eigenvalue weighted by atomic mass is 10.1. The number of piperidine rings is 1. The summed E-state index contributed by atoms with van der Waals surface area (Å²) in [5, 5.41) is 0.845. The Morgan fingerprint density at radius 2 is 1.24 bits per heavy atom. The zero-order chi connectivity index (χ0) is 23.0. The first-order valence-corrected chi connectivity index (χ1v) is 13.5. The second-order valence-electron chi connectivity index (χ2n) is 8.82. The molecule has 2 aliphatic rings. The van der Waals surface area contributed by atoms with Gasteiger partial charge in [0.15, 0.2) is 0 Å². The van der Waals surface area contributed by atoms with Crippen LogP contribution >= 0.6 is 11.8 Å². The van der Waals surface area contributed by atoms with Gasteiger partial charge in [-0.2, -0.15) is 11.8 Å². The van der Waals surface area contributed by atoms with Gasteiger partial charge < -0.3 is 19.4 Å². The number of carbonyl (C=O) groups excluding carboxylic acids is 1. The van der Waals surface area contributed by atoms with Crippen LogP contribution in [0.1, 0.15) is 43.5 Å². The Morgan fingerprint density at radius 3 is 1.70 bits per heavy atom. The lowest BCUT2D eigenvalue weighted by molar-refractivity contribution is 0.0526. The van der Waals surface area contributed by atoms with E-state index in [9.17, 15) is 4.79 Å². The number of carbonyl (C=O) groups is 1. The summed E-state index contributed by atoms with van der Waals surface area (Å²) in [5.74, 6) is 1.04. The molecule has 5 nitrogen and oxygen atoms in total. The maximum absolute atomic E-state index is 11.9. The van der Waals surface area contributed by atoms with Gasteiger partial charge in [0, 0.05) is 61.6 Å². The van der Waals surface area contributed by atoms with Crippen molar-refractivity contribution in [3.05, 3.63) is 54.1 Å². The van der Waals surface area contributed by atoms with Crippen molar-refractivity contribution in [2.24, 2.45) is 0 Å². The molecule has 0 unspecified atom stereocenters. The predicted molar refractivity (Wildman–Crippen MR) is 141 cm³/mol. The second-order valence-corrected chi connectivity index (χ2v) is 10.2. The van der Waals surface area contributed by atoms with Crippen LogP contribution < -0.4 is 14.7 Å². The van der Waals surface area contributed by atoms with Crippen LogP contribution in [-0.2, 0) is 4.74 Å². The van der Waals surface area contributed by atoms with Gasteiger partial charge in [-0.1, -0.05) is 6.92 Å². The van der Waals surface area contributed by atoms with Crippen LogP contribution in [0.4, 0.5) is 17.1 Å². The first kappa shape index (κ1) is 23.8. The van der Waals surface area contributed by atoms with Crippen LogP contribution in [0, 0.1) is 0 Å². The number of esters is 1. The van der Waals surface area contributed by atoms with E-state index < -0.39 is 0 Å². The third kappa shape index (κ3) is 6.17. The van der Waals surface area contributed by atoms with Gasteiger partial charge in [-0.25, -0.2) is 4.79 Å². The average molecular weight is 468 g/mol. The molecule has 0 atom stereocenters. The fraction of sp³-hybridized carbons (Fsp3) is 0.519. The standard InChI is InChI=1S/C27H37N3O2S/c1-3-21-33-26-13-15-28(16-14-26)24-9-11-25(12-10-24)30-19-17-29(18-20-30)23-7-5-22(6-8-23)27(31)32-4-2/h5-12,26H,3-4,13-21H2,1-2H3. The first-order valence-electron chi connectivity index (χ1n) is 12.4. The molecule has 6 heteroatoms.